The Morgan fingerprint density at radius 3 is 2.93 bits per heavy atom. The number of aromatic nitrogens is 2. The average molecular weight is 218 g/mol. The van der Waals surface area contributed by atoms with Crippen molar-refractivity contribution >= 4 is 16.3 Å². The summed E-state index contributed by atoms with van der Waals surface area (Å²) >= 11 is 1.71. The highest BCUT2D eigenvalue weighted by atomic mass is 32.1. The molecule has 0 aliphatic carbocycles. The quantitative estimate of drug-likeness (QED) is 0.627. The van der Waals surface area contributed by atoms with Crippen molar-refractivity contribution in [2.75, 3.05) is 0 Å². The van der Waals surface area contributed by atoms with Crippen LogP contribution in [-0.4, -0.2) is 9.38 Å². The Bertz CT molecular complexity index is 604. The van der Waals surface area contributed by atoms with Gasteiger partial charge in [-0.2, -0.15) is 0 Å². The van der Waals surface area contributed by atoms with Gasteiger partial charge in [0, 0.05) is 16.8 Å². The van der Waals surface area contributed by atoms with Crippen molar-refractivity contribution in [3.63, 3.8) is 0 Å². The Labute approximate surface area is 91.0 Å². The summed E-state index contributed by atoms with van der Waals surface area (Å²) in [5, 5.41) is 0. The van der Waals surface area contributed by atoms with Gasteiger partial charge in [-0.1, -0.05) is 0 Å². The summed E-state index contributed by atoms with van der Waals surface area (Å²) in [6, 6.07) is 3.80. The average Bonchev–Trinajstić information content (AvgIpc) is 2.86. The highest BCUT2D eigenvalue weighted by Gasteiger charge is 2.11. The fraction of sp³-hybridized carbons (Fsp3) is 0.182. The fourth-order valence-corrected chi connectivity index (χ4v) is 2.55. The van der Waals surface area contributed by atoms with Gasteiger partial charge in [0.25, 0.3) is 0 Å². The van der Waals surface area contributed by atoms with E-state index >= 15 is 0 Å². The summed E-state index contributed by atoms with van der Waals surface area (Å²) in [7, 11) is 0. The number of furan rings is 1. The lowest BCUT2D eigenvalue weighted by Crippen LogP contribution is -1.81. The molecule has 3 aromatic rings. The third kappa shape index (κ3) is 1.22. The number of aryl methyl sites for hydroxylation is 2. The zero-order chi connectivity index (χ0) is 10.4. The SMILES string of the molecule is Cc1sc2nc(-c3ccco3)cn2c1C. The van der Waals surface area contributed by atoms with Crippen LogP contribution in [0.1, 0.15) is 10.6 Å². The van der Waals surface area contributed by atoms with Gasteiger partial charge in [-0.05, 0) is 26.0 Å². The van der Waals surface area contributed by atoms with E-state index in [2.05, 4.69) is 23.2 Å². The minimum Gasteiger partial charge on any atom is -0.463 e. The standard InChI is InChI=1S/C11H10N2OS/c1-7-8(2)15-11-12-9(6-13(7)11)10-4-3-5-14-10/h3-6H,1-2H3. The van der Waals surface area contributed by atoms with Crippen LogP contribution in [0.4, 0.5) is 0 Å². The molecule has 3 rings (SSSR count). The van der Waals surface area contributed by atoms with Gasteiger partial charge < -0.3 is 4.42 Å². The zero-order valence-electron chi connectivity index (χ0n) is 8.52. The maximum Gasteiger partial charge on any atom is 0.194 e. The molecule has 0 saturated heterocycles. The van der Waals surface area contributed by atoms with Gasteiger partial charge in [0.1, 0.15) is 5.69 Å². The third-order valence-corrected chi connectivity index (χ3v) is 3.63. The molecule has 3 aromatic heterocycles. The number of thiazole rings is 1. The van der Waals surface area contributed by atoms with E-state index in [1.165, 1.54) is 10.6 Å². The molecular formula is C11H10N2OS. The zero-order valence-corrected chi connectivity index (χ0v) is 9.34. The molecule has 0 spiro atoms. The smallest absolute Gasteiger partial charge is 0.194 e. The molecule has 4 heteroatoms. The van der Waals surface area contributed by atoms with Crippen LogP contribution in [0, 0.1) is 13.8 Å². The van der Waals surface area contributed by atoms with Gasteiger partial charge in [-0.15, -0.1) is 11.3 Å². The molecule has 0 fully saturated rings. The van der Waals surface area contributed by atoms with Gasteiger partial charge in [0.2, 0.25) is 0 Å². The maximum absolute atomic E-state index is 5.32. The van der Waals surface area contributed by atoms with Gasteiger partial charge >= 0.3 is 0 Å². The minimum atomic E-state index is 0.822. The third-order valence-electron chi connectivity index (χ3n) is 2.56. The molecule has 0 aliphatic rings. The fourth-order valence-electron chi connectivity index (χ4n) is 1.60. The highest BCUT2D eigenvalue weighted by molar-refractivity contribution is 7.17. The Kier molecular flexibility index (Phi) is 1.73. The van der Waals surface area contributed by atoms with E-state index in [0.717, 1.165) is 16.4 Å². The van der Waals surface area contributed by atoms with E-state index in [4.69, 9.17) is 4.42 Å². The molecule has 0 atom stereocenters. The molecule has 0 radical (unpaired) electrons. The Hall–Kier alpha value is -1.55. The number of hydrogen-bond acceptors (Lipinski definition) is 3. The van der Waals surface area contributed by atoms with E-state index in [0.29, 0.717) is 0 Å². The van der Waals surface area contributed by atoms with Crippen molar-refractivity contribution in [2.45, 2.75) is 13.8 Å². The molecule has 0 aromatic carbocycles. The van der Waals surface area contributed by atoms with E-state index in [-0.39, 0.29) is 0 Å². The van der Waals surface area contributed by atoms with Crippen molar-refractivity contribution in [1.82, 2.24) is 9.38 Å². The summed E-state index contributed by atoms with van der Waals surface area (Å²) in [4.78, 5) is 6.86. The predicted octanol–water partition coefficient (Wildman–Crippen LogP) is 3.27. The van der Waals surface area contributed by atoms with Crippen LogP contribution < -0.4 is 0 Å². The lowest BCUT2D eigenvalue weighted by molar-refractivity contribution is 0.580. The van der Waals surface area contributed by atoms with Crippen LogP contribution in [0.15, 0.2) is 29.0 Å². The van der Waals surface area contributed by atoms with E-state index < -0.39 is 0 Å². The first-order chi connectivity index (χ1) is 7.25. The maximum atomic E-state index is 5.32. The first-order valence-electron chi connectivity index (χ1n) is 4.74. The topological polar surface area (TPSA) is 30.4 Å². The summed E-state index contributed by atoms with van der Waals surface area (Å²) in [5.41, 5.74) is 2.15. The Balaban J connectivity index is 2.24. The first-order valence-corrected chi connectivity index (χ1v) is 5.56. The molecule has 0 saturated carbocycles. The van der Waals surface area contributed by atoms with Crippen LogP contribution in [0.25, 0.3) is 16.4 Å². The molecule has 0 bridgehead atoms. The molecule has 3 heterocycles. The van der Waals surface area contributed by atoms with Gasteiger partial charge in [0.15, 0.2) is 10.7 Å². The second kappa shape index (κ2) is 2.97. The van der Waals surface area contributed by atoms with Crippen molar-refractivity contribution in [1.29, 1.82) is 0 Å². The lowest BCUT2D eigenvalue weighted by atomic mass is 10.3. The second-order valence-electron chi connectivity index (χ2n) is 3.50. The van der Waals surface area contributed by atoms with Crippen LogP contribution in [0.2, 0.25) is 0 Å². The Morgan fingerprint density at radius 2 is 2.27 bits per heavy atom. The highest BCUT2D eigenvalue weighted by Crippen LogP contribution is 2.26. The summed E-state index contributed by atoms with van der Waals surface area (Å²) in [5.74, 6) is 0.822. The molecular weight excluding hydrogens is 208 g/mol. The summed E-state index contributed by atoms with van der Waals surface area (Å²) in [6.45, 7) is 4.22. The van der Waals surface area contributed by atoms with Gasteiger partial charge in [-0.25, -0.2) is 4.98 Å². The minimum absolute atomic E-state index is 0.822. The number of hydrogen-bond donors (Lipinski definition) is 0. The Morgan fingerprint density at radius 1 is 1.40 bits per heavy atom. The summed E-state index contributed by atoms with van der Waals surface area (Å²) in [6.07, 6.45) is 3.69. The normalized spacial score (nSPS) is 11.3. The van der Waals surface area contributed by atoms with Crippen LogP contribution >= 0.6 is 11.3 Å². The van der Waals surface area contributed by atoms with Crippen molar-refractivity contribution < 1.29 is 4.42 Å². The van der Waals surface area contributed by atoms with E-state index in [9.17, 15) is 0 Å². The number of imidazole rings is 1. The monoisotopic (exact) mass is 218 g/mol. The van der Waals surface area contributed by atoms with Crippen molar-refractivity contribution in [3.8, 4) is 11.5 Å². The number of fused-ring (bicyclic) bond motifs is 1. The first kappa shape index (κ1) is 8.73. The summed E-state index contributed by atoms with van der Waals surface area (Å²) < 4.78 is 7.43. The van der Waals surface area contributed by atoms with E-state index in [1.54, 1.807) is 17.6 Å². The van der Waals surface area contributed by atoms with Gasteiger partial charge in [0.05, 0.1) is 6.26 Å². The van der Waals surface area contributed by atoms with Crippen LogP contribution in [-0.2, 0) is 0 Å². The molecule has 76 valence electrons. The molecule has 0 unspecified atom stereocenters. The lowest BCUT2D eigenvalue weighted by Gasteiger charge is -1.89. The van der Waals surface area contributed by atoms with Crippen molar-refractivity contribution in [2.24, 2.45) is 0 Å². The van der Waals surface area contributed by atoms with E-state index in [1.807, 2.05) is 18.3 Å². The molecule has 0 amide bonds. The number of nitrogens with zero attached hydrogens (tertiary/aromatic N) is 2. The van der Waals surface area contributed by atoms with Crippen molar-refractivity contribution in [3.05, 3.63) is 35.2 Å². The van der Waals surface area contributed by atoms with Gasteiger partial charge in [-0.3, -0.25) is 4.40 Å². The molecule has 0 aliphatic heterocycles. The predicted molar refractivity (Wildman–Crippen MR) is 60.2 cm³/mol. The largest absolute Gasteiger partial charge is 0.463 e. The molecule has 15 heavy (non-hydrogen) atoms. The number of rotatable bonds is 1. The van der Waals surface area contributed by atoms with Crippen LogP contribution in [0.5, 0.6) is 0 Å². The van der Waals surface area contributed by atoms with Crippen LogP contribution in [0.3, 0.4) is 0 Å². The molecule has 3 nitrogen and oxygen atoms in total. The second-order valence-corrected chi connectivity index (χ2v) is 4.68. The molecule has 0 N–H and O–H groups in total.